The molecule has 8 nitrogen and oxygen atoms in total. The van der Waals surface area contributed by atoms with Gasteiger partial charge in [0.15, 0.2) is 11.3 Å². The predicted octanol–water partition coefficient (Wildman–Crippen LogP) is 4.99. The Morgan fingerprint density at radius 3 is 2.47 bits per heavy atom. The SMILES string of the molecule is CCN(C(=O)OC(C)(C)C)c1ccc(Cn2c(C)nc3ccc(C(=O)OC)nc32)c(Cl)c1. The average molecular weight is 459 g/mol. The Labute approximate surface area is 192 Å². The number of hydrogen-bond donors (Lipinski definition) is 0. The quantitative estimate of drug-likeness (QED) is 0.500. The third-order valence-corrected chi connectivity index (χ3v) is 5.14. The molecule has 0 saturated carbocycles. The summed E-state index contributed by atoms with van der Waals surface area (Å²) in [5, 5.41) is 0.495. The summed E-state index contributed by atoms with van der Waals surface area (Å²) in [7, 11) is 1.31. The molecule has 0 saturated heterocycles. The maximum atomic E-state index is 12.5. The van der Waals surface area contributed by atoms with Crippen molar-refractivity contribution in [1.82, 2.24) is 14.5 Å². The molecule has 0 bridgehead atoms. The van der Waals surface area contributed by atoms with Crippen molar-refractivity contribution in [3.63, 3.8) is 0 Å². The topological polar surface area (TPSA) is 86.6 Å². The minimum atomic E-state index is -0.593. The predicted molar refractivity (Wildman–Crippen MR) is 123 cm³/mol. The summed E-state index contributed by atoms with van der Waals surface area (Å²) in [6.45, 7) is 10.1. The molecule has 170 valence electrons. The number of aryl methyl sites for hydroxylation is 1. The molecule has 1 amide bonds. The van der Waals surface area contributed by atoms with Crippen molar-refractivity contribution >= 4 is 40.5 Å². The lowest BCUT2D eigenvalue weighted by molar-refractivity contribution is 0.0577. The number of nitrogens with zero attached hydrogens (tertiary/aromatic N) is 4. The first-order valence-corrected chi connectivity index (χ1v) is 10.6. The summed E-state index contributed by atoms with van der Waals surface area (Å²) < 4.78 is 12.1. The van der Waals surface area contributed by atoms with E-state index in [0.717, 1.165) is 11.4 Å². The van der Waals surface area contributed by atoms with Crippen LogP contribution in [-0.4, -0.2) is 45.9 Å². The Hall–Kier alpha value is -3.13. The molecule has 0 N–H and O–H groups in total. The highest BCUT2D eigenvalue weighted by Crippen LogP contribution is 2.27. The lowest BCUT2D eigenvalue weighted by Crippen LogP contribution is -2.36. The van der Waals surface area contributed by atoms with Crippen LogP contribution in [0.3, 0.4) is 0 Å². The van der Waals surface area contributed by atoms with Gasteiger partial charge in [-0.05, 0) is 64.4 Å². The first-order chi connectivity index (χ1) is 15.0. The van der Waals surface area contributed by atoms with Crippen LogP contribution in [0.25, 0.3) is 11.2 Å². The van der Waals surface area contributed by atoms with E-state index in [1.807, 2.05) is 51.3 Å². The molecule has 0 aliphatic rings. The maximum absolute atomic E-state index is 12.5. The van der Waals surface area contributed by atoms with Crippen LogP contribution in [0.5, 0.6) is 0 Å². The molecule has 3 rings (SSSR count). The van der Waals surface area contributed by atoms with E-state index in [9.17, 15) is 9.59 Å². The van der Waals surface area contributed by atoms with E-state index in [-0.39, 0.29) is 5.69 Å². The number of methoxy groups -OCH3 is 1. The van der Waals surface area contributed by atoms with E-state index >= 15 is 0 Å². The molecule has 32 heavy (non-hydrogen) atoms. The highest BCUT2D eigenvalue weighted by molar-refractivity contribution is 6.31. The first kappa shape index (κ1) is 23.5. The molecular formula is C23H27ClN4O4. The number of rotatable bonds is 5. The lowest BCUT2D eigenvalue weighted by Gasteiger charge is -2.27. The van der Waals surface area contributed by atoms with Gasteiger partial charge in [0.05, 0.1) is 13.7 Å². The van der Waals surface area contributed by atoms with Gasteiger partial charge in [0, 0.05) is 17.3 Å². The second kappa shape index (κ2) is 9.16. The highest BCUT2D eigenvalue weighted by Gasteiger charge is 2.23. The molecule has 2 heterocycles. The number of amides is 1. The van der Waals surface area contributed by atoms with Crippen molar-refractivity contribution in [2.45, 2.75) is 46.8 Å². The van der Waals surface area contributed by atoms with Crippen LogP contribution < -0.4 is 4.90 Å². The van der Waals surface area contributed by atoms with Crippen molar-refractivity contribution in [3.8, 4) is 0 Å². The summed E-state index contributed by atoms with van der Waals surface area (Å²) in [4.78, 5) is 34.9. The van der Waals surface area contributed by atoms with Gasteiger partial charge in [0.1, 0.15) is 16.9 Å². The Morgan fingerprint density at radius 1 is 1.16 bits per heavy atom. The highest BCUT2D eigenvalue weighted by atomic mass is 35.5. The summed E-state index contributed by atoms with van der Waals surface area (Å²) in [6, 6.07) is 8.76. The fraction of sp³-hybridized carbons (Fsp3) is 0.391. The van der Waals surface area contributed by atoms with Gasteiger partial charge in [-0.2, -0.15) is 0 Å². The second-order valence-electron chi connectivity index (χ2n) is 8.28. The van der Waals surface area contributed by atoms with Gasteiger partial charge < -0.3 is 14.0 Å². The fourth-order valence-electron chi connectivity index (χ4n) is 3.26. The number of aromatic nitrogens is 3. The molecule has 2 aromatic heterocycles. The molecule has 0 aliphatic heterocycles. The van der Waals surface area contributed by atoms with Crippen molar-refractivity contribution < 1.29 is 19.1 Å². The Morgan fingerprint density at radius 2 is 1.88 bits per heavy atom. The van der Waals surface area contributed by atoms with Gasteiger partial charge in [0.2, 0.25) is 0 Å². The number of benzene rings is 1. The number of ether oxygens (including phenoxy) is 2. The standard InChI is InChI=1S/C23H27ClN4O4/c1-7-27(22(30)32-23(3,4)5)16-9-8-15(17(24)12-16)13-28-14(2)25-18-10-11-19(21(29)31-6)26-20(18)28/h8-12H,7,13H2,1-6H3. The molecule has 0 radical (unpaired) electrons. The maximum Gasteiger partial charge on any atom is 0.414 e. The number of anilines is 1. The Kier molecular flexibility index (Phi) is 6.74. The van der Waals surface area contributed by atoms with Gasteiger partial charge in [0.25, 0.3) is 0 Å². The number of fused-ring (bicyclic) bond motifs is 1. The average Bonchev–Trinajstić information content (AvgIpc) is 3.02. The van der Waals surface area contributed by atoms with Gasteiger partial charge in [-0.1, -0.05) is 17.7 Å². The Balaban J connectivity index is 1.92. The van der Waals surface area contributed by atoms with Crippen LogP contribution in [-0.2, 0) is 16.0 Å². The molecule has 0 spiro atoms. The summed E-state index contributed by atoms with van der Waals surface area (Å²) in [5.41, 5.74) is 2.32. The molecule has 3 aromatic rings. The summed E-state index contributed by atoms with van der Waals surface area (Å²) in [5.74, 6) is 0.222. The summed E-state index contributed by atoms with van der Waals surface area (Å²) in [6.07, 6.45) is -0.431. The first-order valence-electron chi connectivity index (χ1n) is 10.2. The number of esters is 1. The van der Waals surface area contributed by atoms with Crippen LogP contribution in [0.15, 0.2) is 30.3 Å². The molecule has 1 aromatic carbocycles. The largest absolute Gasteiger partial charge is 0.464 e. The van der Waals surface area contributed by atoms with E-state index in [1.165, 1.54) is 12.0 Å². The number of hydrogen-bond acceptors (Lipinski definition) is 6. The van der Waals surface area contributed by atoms with E-state index in [0.29, 0.717) is 35.0 Å². The zero-order valence-corrected chi connectivity index (χ0v) is 19.9. The third kappa shape index (κ3) is 5.02. The monoisotopic (exact) mass is 458 g/mol. The Bertz CT molecular complexity index is 1170. The van der Waals surface area contributed by atoms with Crippen molar-refractivity contribution in [1.29, 1.82) is 0 Å². The van der Waals surface area contributed by atoms with E-state index < -0.39 is 17.7 Å². The van der Waals surface area contributed by atoms with Crippen LogP contribution >= 0.6 is 11.6 Å². The van der Waals surface area contributed by atoms with Crippen molar-refractivity contribution in [3.05, 3.63) is 52.4 Å². The number of carbonyl (C=O) groups is 2. The van der Waals surface area contributed by atoms with Crippen LogP contribution in [0.4, 0.5) is 10.5 Å². The van der Waals surface area contributed by atoms with Gasteiger partial charge >= 0.3 is 12.1 Å². The number of carbonyl (C=O) groups excluding carboxylic acids is 2. The zero-order chi connectivity index (χ0) is 23.6. The van der Waals surface area contributed by atoms with E-state index in [2.05, 4.69) is 9.97 Å². The molecule has 0 atom stereocenters. The number of pyridine rings is 1. The minimum absolute atomic E-state index is 0.207. The number of halogens is 1. The van der Waals surface area contributed by atoms with Crippen molar-refractivity contribution in [2.75, 3.05) is 18.6 Å². The van der Waals surface area contributed by atoms with Gasteiger partial charge in [-0.15, -0.1) is 0 Å². The van der Waals surface area contributed by atoms with Crippen LogP contribution in [0, 0.1) is 6.92 Å². The van der Waals surface area contributed by atoms with Crippen LogP contribution in [0.1, 0.15) is 49.6 Å². The molecular weight excluding hydrogens is 432 g/mol. The minimum Gasteiger partial charge on any atom is -0.464 e. The lowest BCUT2D eigenvalue weighted by atomic mass is 10.2. The molecule has 0 unspecified atom stereocenters. The zero-order valence-electron chi connectivity index (χ0n) is 19.1. The molecule has 0 fully saturated rings. The van der Waals surface area contributed by atoms with Crippen LogP contribution in [0.2, 0.25) is 5.02 Å². The van der Waals surface area contributed by atoms with Crippen molar-refractivity contribution in [2.24, 2.45) is 0 Å². The second-order valence-corrected chi connectivity index (χ2v) is 8.68. The van der Waals surface area contributed by atoms with Gasteiger partial charge in [-0.25, -0.2) is 19.6 Å². The smallest absolute Gasteiger partial charge is 0.414 e. The fourth-order valence-corrected chi connectivity index (χ4v) is 3.49. The summed E-state index contributed by atoms with van der Waals surface area (Å²) >= 11 is 6.59. The number of imidazole rings is 1. The molecule has 9 heteroatoms. The van der Waals surface area contributed by atoms with E-state index in [4.69, 9.17) is 21.1 Å². The third-order valence-electron chi connectivity index (χ3n) is 4.78. The van der Waals surface area contributed by atoms with Gasteiger partial charge in [-0.3, -0.25) is 4.90 Å². The normalized spacial score (nSPS) is 11.5. The van der Waals surface area contributed by atoms with E-state index in [1.54, 1.807) is 18.2 Å². The molecule has 0 aliphatic carbocycles.